The lowest BCUT2D eigenvalue weighted by Gasteiger charge is -2.36. The van der Waals surface area contributed by atoms with Crippen molar-refractivity contribution >= 4 is 66.1 Å². The first-order valence-electron chi connectivity index (χ1n) is 17.5. The van der Waals surface area contributed by atoms with Gasteiger partial charge in [-0.05, 0) is 83.6 Å². The molecule has 4 aliphatic rings. The Balaban J connectivity index is 1.14. The first kappa shape index (κ1) is 28.7. The molecule has 0 saturated carbocycles. The van der Waals surface area contributed by atoms with Crippen LogP contribution in [0.15, 0.2) is 145 Å². The van der Waals surface area contributed by atoms with Crippen LogP contribution in [0.4, 0.5) is 11.4 Å². The number of nitrogens with zero attached hydrogens (tertiary/aromatic N) is 1. The molecule has 3 nitrogen and oxygen atoms in total. The lowest BCUT2D eigenvalue weighted by Crippen LogP contribution is -2.40. The van der Waals surface area contributed by atoms with E-state index in [1.54, 1.807) is 0 Å². The molecule has 10 rings (SSSR count). The van der Waals surface area contributed by atoms with Gasteiger partial charge >= 0.3 is 0 Å². The summed E-state index contributed by atoms with van der Waals surface area (Å²) in [5.41, 5.74) is 6.40. The van der Waals surface area contributed by atoms with Crippen molar-refractivity contribution in [3.8, 4) is 5.75 Å². The van der Waals surface area contributed by atoms with Gasteiger partial charge in [0, 0.05) is 32.8 Å². The Morgan fingerprint density at radius 1 is 0.776 bits per heavy atom. The molecule has 0 fully saturated rings. The molecule has 238 valence electrons. The van der Waals surface area contributed by atoms with Gasteiger partial charge in [0.15, 0.2) is 0 Å². The van der Waals surface area contributed by atoms with Gasteiger partial charge in [-0.2, -0.15) is 0 Å². The fraction of sp³-hybridized carbons (Fsp3) is 0.156. The summed E-state index contributed by atoms with van der Waals surface area (Å²) in [5.74, 6) is 1.53. The summed E-state index contributed by atoms with van der Waals surface area (Å²) < 4.78 is 8.08. The third kappa shape index (κ3) is 4.85. The van der Waals surface area contributed by atoms with E-state index in [0.717, 1.165) is 37.1 Å². The Morgan fingerprint density at radius 2 is 1.63 bits per heavy atom. The maximum Gasteiger partial charge on any atom is 0.289 e. The predicted octanol–water partition coefficient (Wildman–Crippen LogP) is 10.1. The Labute approximate surface area is 290 Å². The van der Waals surface area contributed by atoms with Crippen LogP contribution in [0, 0.1) is 5.92 Å². The second-order valence-corrected chi connectivity index (χ2v) is 14.6. The number of rotatable bonds is 5. The second-order valence-electron chi connectivity index (χ2n) is 13.5. The molecule has 3 unspecified atom stereocenters. The fourth-order valence-corrected chi connectivity index (χ4v) is 9.54. The number of aliphatic hydroxyl groups is 1. The van der Waals surface area contributed by atoms with Gasteiger partial charge in [-0.25, -0.2) is 0 Å². The van der Waals surface area contributed by atoms with Crippen LogP contribution < -0.4 is 20.0 Å². The van der Waals surface area contributed by atoms with E-state index < -0.39 is 0 Å². The molecule has 49 heavy (non-hydrogen) atoms. The zero-order valence-electron chi connectivity index (χ0n) is 27.2. The maximum absolute atomic E-state index is 5.30. The summed E-state index contributed by atoms with van der Waals surface area (Å²) in [7, 11) is 0. The number of ether oxygens (including phenoxy) is 1. The lowest BCUT2D eigenvalue weighted by molar-refractivity contribution is 0.0234. The molecule has 4 heteroatoms. The maximum atomic E-state index is 5.30. The van der Waals surface area contributed by atoms with E-state index in [9.17, 15) is 0 Å². The number of allylic oxidation sites excluding steroid dienone is 6. The quantitative estimate of drug-likeness (QED) is 0.114. The number of nitrogens with one attached hydrogen (secondary N) is 1. The topological polar surface area (TPSA) is 28.1 Å². The summed E-state index contributed by atoms with van der Waals surface area (Å²) in [4.78, 5) is 2.67. The molecule has 2 heterocycles. The van der Waals surface area contributed by atoms with Crippen molar-refractivity contribution in [3.05, 3.63) is 160 Å². The zero-order chi connectivity index (χ0) is 32.3. The van der Waals surface area contributed by atoms with E-state index in [0.29, 0.717) is 5.92 Å². The standard InChI is InChI=1S/C45H36N2OS/c1-3-10-29(11-4-1)30-20-24-34(25-21-30)47(40-16-9-15-37-36-14-7-8-17-41(36)49-44(37)40)35-26-22-31-18-19-32-23-27-39-43(42(32)38(31)28-35)48-45(46-39)33-12-5-2-6-13-33/h1-8,10,12-15,17-24,26-29,34,45-46H,9,11,16,25H2/p+1. The van der Waals surface area contributed by atoms with E-state index in [4.69, 9.17) is 4.74 Å². The molecule has 0 spiro atoms. The van der Waals surface area contributed by atoms with Crippen LogP contribution in [0.3, 0.4) is 0 Å². The lowest BCUT2D eigenvalue weighted by atomic mass is 9.87. The molecular weight excluding hydrogens is 617 g/mol. The SMILES string of the molecule is C1=CCC(C2=CCC(N(C3=c4sc5ccccc5c4=CCC3)c3ccc4ccc5ccc6c(c5c4c3)[OH+]C(c3ccccc3)N6)C=C2)C=C1. The summed E-state index contributed by atoms with van der Waals surface area (Å²) in [6.45, 7) is 0. The van der Waals surface area contributed by atoms with Crippen LogP contribution in [-0.4, -0.2) is 10.8 Å². The van der Waals surface area contributed by atoms with Gasteiger partial charge in [-0.15, -0.1) is 11.3 Å². The summed E-state index contributed by atoms with van der Waals surface area (Å²) in [6.07, 6.45) is 22.9. The number of thiophene rings is 1. The Morgan fingerprint density at radius 3 is 2.51 bits per heavy atom. The van der Waals surface area contributed by atoms with E-state index in [1.165, 1.54) is 63.9 Å². The highest BCUT2D eigenvalue weighted by molar-refractivity contribution is 7.17. The van der Waals surface area contributed by atoms with Crippen LogP contribution in [0.1, 0.15) is 37.5 Å². The third-order valence-electron chi connectivity index (χ3n) is 10.7. The molecule has 6 aromatic rings. The molecule has 2 N–H and O–H groups in total. The van der Waals surface area contributed by atoms with Gasteiger partial charge in [-0.1, -0.05) is 109 Å². The van der Waals surface area contributed by atoms with E-state index in [-0.39, 0.29) is 12.3 Å². The molecule has 3 aliphatic carbocycles. The van der Waals surface area contributed by atoms with Crippen molar-refractivity contribution in [1.82, 2.24) is 0 Å². The van der Waals surface area contributed by atoms with Crippen molar-refractivity contribution in [2.45, 2.75) is 38.0 Å². The first-order valence-corrected chi connectivity index (χ1v) is 18.3. The molecule has 0 bridgehead atoms. The molecule has 0 saturated heterocycles. The minimum absolute atomic E-state index is 0.0833. The molecule has 0 amide bonds. The Bertz CT molecular complexity index is 2540. The van der Waals surface area contributed by atoms with Gasteiger partial charge in [0.2, 0.25) is 0 Å². The molecule has 0 radical (unpaired) electrons. The summed E-state index contributed by atoms with van der Waals surface area (Å²) in [6, 6.07) is 35.8. The highest BCUT2D eigenvalue weighted by atomic mass is 32.1. The van der Waals surface area contributed by atoms with Gasteiger partial charge < -0.3 is 9.64 Å². The number of anilines is 2. The molecular formula is C45H37N2OS+. The van der Waals surface area contributed by atoms with Crippen LogP contribution in [0.25, 0.3) is 43.4 Å². The average Bonchev–Trinajstić information content (AvgIpc) is 3.78. The van der Waals surface area contributed by atoms with Crippen LogP contribution in [-0.2, 0) is 0 Å². The second kappa shape index (κ2) is 11.7. The van der Waals surface area contributed by atoms with Crippen LogP contribution in [0.2, 0.25) is 0 Å². The van der Waals surface area contributed by atoms with E-state index >= 15 is 0 Å². The van der Waals surface area contributed by atoms with Crippen molar-refractivity contribution in [2.75, 3.05) is 10.2 Å². The van der Waals surface area contributed by atoms with Crippen molar-refractivity contribution in [2.24, 2.45) is 5.92 Å². The number of fused-ring (bicyclic) bond motifs is 8. The normalized spacial score (nSPS) is 20.9. The minimum atomic E-state index is -0.0833. The zero-order valence-corrected chi connectivity index (χ0v) is 28.0. The number of aromatic hydroxyl groups is 1. The Kier molecular flexibility index (Phi) is 6.83. The monoisotopic (exact) mass is 653 g/mol. The predicted molar refractivity (Wildman–Crippen MR) is 209 cm³/mol. The minimum Gasteiger partial charge on any atom is -0.560 e. The van der Waals surface area contributed by atoms with E-state index in [1.807, 2.05) is 11.3 Å². The molecule has 1 aromatic heterocycles. The highest BCUT2D eigenvalue weighted by Gasteiger charge is 2.32. The number of hydrogen-bond acceptors (Lipinski definition) is 3. The summed E-state index contributed by atoms with van der Waals surface area (Å²) >= 11 is 1.95. The summed E-state index contributed by atoms with van der Waals surface area (Å²) in [5, 5.41) is 11.4. The fourth-order valence-electron chi connectivity index (χ4n) is 8.26. The van der Waals surface area contributed by atoms with Crippen LogP contribution in [0.5, 0.6) is 5.75 Å². The largest absolute Gasteiger partial charge is 0.560 e. The smallest absolute Gasteiger partial charge is 0.289 e. The Hall–Kier alpha value is -5.32. The molecule has 1 aliphatic heterocycles. The van der Waals surface area contributed by atoms with Crippen molar-refractivity contribution in [1.29, 1.82) is 0 Å². The third-order valence-corrected chi connectivity index (χ3v) is 11.9. The number of benzene rings is 5. The highest BCUT2D eigenvalue weighted by Crippen LogP contribution is 2.47. The van der Waals surface area contributed by atoms with Gasteiger partial charge in [0.25, 0.3) is 12.0 Å². The van der Waals surface area contributed by atoms with Crippen molar-refractivity contribution in [3.63, 3.8) is 0 Å². The van der Waals surface area contributed by atoms with Gasteiger partial charge in [-0.3, -0.25) is 5.32 Å². The molecule has 5 aromatic carbocycles. The van der Waals surface area contributed by atoms with Gasteiger partial charge in [0.1, 0.15) is 5.69 Å². The first-order chi connectivity index (χ1) is 24.3. The van der Waals surface area contributed by atoms with Crippen molar-refractivity contribution < 1.29 is 4.74 Å². The average molecular weight is 654 g/mol. The number of hydrogen-bond donors (Lipinski definition) is 1. The van der Waals surface area contributed by atoms with Crippen LogP contribution >= 0.6 is 11.3 Å². The van der Waals surface area contributed by atoms with Gasteiger partial charge in [0.05, 0.1) is 21.5 Å². The molecule has 3 atom stereocenters. The van der Waals surface area contributed by atoms with E-state index in [2.05, 4.69) is 156 Å².